The number of carbonyl (C=O) groups excluding carboxylic acids is 1. The lowest BCUT2D eigenvalue weighted by Crippen LogP contribution is -2.20. The van der Waals surface area contributed by atoms with Gasteiger partial charge in [0.15, 0.2) is 0 Å². The molecule has 2 aromatic rings. The highest BCUT2D eigenvalue weighted by Crippen LogP contribution is 2.28. The molecule has 1 N–H and O–H groups in total. The number of hydrogen-bond donors (Lipinski definition) is 1. The summed E-state index contributed by atoms with van der Waals surface area (Å²) in [6.45, 7) is 5.83. The summed E-state index contributed by atoms with van der Waals surface area (Å²) in [6, 6.07) is 15.6. The second-order valence-electron chi connectivity index (χ2n) is 10.1. The van der Waals surface area contributed by atoms with Gasteiger partial charge in [0.2, 0.25) is 0 Å². The molecule has 0 fully saturated rings. The largest absolute Gasteiger partial charge is 0.493 e. The number of amides is 1. The van der Waals surface area contributed by atoms with Crippen LogP contribution in [0.4, 0.5) is 5.69 Å². The van der Waals surface area contributed by atoms with Gasteiger partial charge in [-0.3, -0.25) is 4.79 Å². The molecule has 0 bridgehead atoms. The predicted molar refractivity (Wildman–Crippen MR) is 159 cm³/mol. The van der Waals surface area contributed by atoms with Crippen LogP contribution in [0.5, 0.6) is 5.75 Å². The fourth-order valence-electron chi connectivity index (χ4n) is 4.68. The van der Waals surface area contributed by atoms with E-state index in [2.05, 4.69) is 35.5 Å². The molecule has 0 saturated carbocycles. The van der Waals surface area contributed by atoms with Crippen molar-refractivity contribution in [1.29, 1.82) is 0 Å². The van der Waals surface area contributed by atoms with Crippen LogP contribution >= 0.6 is 11.8 Å². The van der Waals surface area contributed by atoms with Crippen LogP contribution in [0.2, 0.25) is 0 Å². The van der Waals surface area contributed by atoms with Crippen LogP contribution in [0, 0.1) is 0 Å². The van der Waals surface area contributed by atoms with Gasteiger partial charge in [0.25, 0.3) is 5.91 Å². The first kappa shape index (κ1) is 29.2. The smallest absolute Gasteiger partial charge is 0.259 e. The predicted octanol–water partition coefficient (Wildman–Crippen LogP) is 9.39. The molecule has 1 amide bonds. The van der Waals surface area contributed by atoms with Crippen molar-refractivity contribution in [2.75, 3.05) is 17.8 Å². The fourth-order valence-corrected chi connectivity index (χ4v) is 5.61. The van der Waals surface area contributed by atoms with E-state index in [0.717, 1.165) is 30.1 Å². The summed E-state index contributed by atoms with van der Waals surface area (Å²) in [4.78, 5) is 15.5. The van der Waals surface area contributed by atoms with E-state index in [1.54, 1.807) is 0 Å². The Hall–Kier alpha value is -2.40. The highest BCUT2D eigenvalue weighted by Gasteiger charge is 2.17. The van der Waals surface area contributed by atoms with Crippen LogP contribution in [-0.2, 0) is 6.54 Å². The molecule has 37 heavy (non-hydrogen) atoms. The number of benzene rings is 2. The molecule has 0 radical (unpaired) electrons. The fraction of sp³-hybridized carbons (Fsp3) is 0.531. The number of ether oxygens (including phenoxy) is 1. The van der Waals surface area contributed by atoms with Gasteiger partial charge in [0.1, 0.15) is 5.75 Å². The van der Waals surface area contributed by atoms with Gasteiger partial charge in [-0.25, -0.2) is 0 Å². The lowest BCUT2D eigenvalue weighted by atomic mass is 10.1. The number of nitrogens with zero attached hydrogens (tertiary/aromatic N) is 1. The topological polar surface area (TPSA) is 41.6 Å². The van der Waals surface area contributed by atoms with E-state index in [9.17, 15) is 4.79 Å². The summed E-state index contributed by atoms with van der Waals surface area (Å²) >= 11 is 1.81. The maximum absolute atomic E-state index is 13.2. The molecular formula is C32H46N2O2S. The first-order chi connectivity index (χ1) is 18.2. The van der Waals surface area contributed by atoms with Gasteiger partial charge in [-0.05, 0) is 42.5 Å². The number of rotatable bonds is 18. The molecule has 0 atom stereocenters. The minimum atomic E-state index is -0.124. The van der Waals surface area contributed by atoms with Crippen molar-refractivity contribution in [1.82, 2.24) is 4.90 Å². The quantitative estimate of drug-likeness (QED) is 0.198. The minimum absolute atomic E-state index is 0.124. The standard InChI is InChI=1S/C32H46N2O2S/c1-3-4-5-6-7-8-9-10-11-12-13-18-23-36-31-22-17-15-20-29(31)32(35)33-30-21-16-14-19-28(30)24-34-26-37-25-27(34)2/h14-17,19-22,25H,3-13,18,23-24,26H2,1-2H3,(H,33,35). The van der Waals surface area contributed by atoms with Crippen molar-refractivity contribution in [3.63, 3.8) is 0 Å². The van der Waals surface area contributed by atoms with Crippen molar-refractivity contribution in [2.24, 2.45) is 0 Å². The third-order valence-electron chi connectivity index (χ3n) is 7.00. The number of nitrogens with one attached hydrogen (secondary N) is 1. The van der Waals surface area contributed by atoms with Gasteiger partial charge in [-0.2, -0.15) is 0 Å². The zero-order valence-electron chi connectivity index (χ0n) is 23.0. The van der Waals surface area contributed by atoms with E-state index in [-0.39, 0.29) is 5.91 Å². The third kappa shape index (κ3) is 10.5. The second-order valence-corrected chi connectivity index (χ2v) is 10.9. The number of allylic oxidation sites excluding steroid dienone is 1. The zero-order chi connectivity index (χ0) is 26.1. The summed E-state index contributed by atoms with van der Waals surface area (Å²) < 4.78 is 6.06. The Labute approximate surface area is 229 Å². The number of hydrogen-bond acceptors (Lipinski definition) is 4. The molecule has 0 saturated heterocycles. The van der Waals surface area contributed by atoms with Gasteiger partial charge in [-0.1, -0.05) is 108 Å². The molecule has 5 heteroatoms. The molecule has 0 spiro atoms. The SMILES string of the molecule is CCCCCCCCCCCCCCOc1ccccc1C(=O)Nc1ccccc1CN1CSC=C1C. The molecule has 0 unspecified atom stereocenters. The summed E-state index contributed by atoms with van der Waals surface area (Å²) in [6.07, 6.45) is 15.8. The Morgan fingerprint density at radius 3 is 2.16 bits per heavy atom. The van der Waals surface area contributed by atoms with Crippen LogP contribution in [0.3, 0.4) is 0 Å². The number of para-hydroxylation sites is 2. The molecule has 1 aliphatic rings. The first-order valence-corrected chi connectivity index (χ1v) is 15.4. The van der Waals surface area contributed by atoms with Crippen molar-refractivity contribution in [2.45, 2.75) is 97.4 Å². The summed E-state index contributed by atoms with van der Waals surface area (Å²) in [5.74, 6) is 1.49. The Morgan fingerprint density at radius 2 is 1.49 bits per heavy atom. The van der Waals surface area contributed by atoms with E-state index in [1.807, 2.05) is 54.2 Å². The maximum Gasteiger partial charge on any atom is 0.259 e. The number of unbranched alkanes of at least 4 members (excludes halogenated alkanes) is 11. The van der Waals surface area contributed by atoms with Crippen molar-refractivity contribution >= 4 is 23.4 Å². The molecule has 2 aromatic carbocycles. The minimum Gasteiger partial charge on any atom is -0.493 e. The maximum atomic E-state index is 13.2. The molecular weight excluding hydrogens is 476 g/mol. The molecule has 1 aliphatic heterocycles. The van der Waals surface area contributed by atoms with Crippen molar-refractivity contribution in [3.05, 3.63) is 70.8 Å². The average molecular weight is 523 g/mol. The number of thioether (sulfide) groups is 1. The second kappa shape index (κ2) is 17.2. The van der Waals surface area contributed by atoms with Crippen molar-refractivity contribution < 1.29 is 9.53 Å². The molecule has 1 heterocycles. The molecule has 202 valence electrons. The molecule has 3 rings (SSSR count). The van der Waals surface area contributed by atoms with Crippen LogP contribution < -0.4 is 10.1 Å². The Kier molecular flexibility index (Phi) is 13.5. The van der Waals surface area contributed by atoms with Gasteiger partial charge in [-0.15, -0.1) is 11.8 Å². The van der Waals surface area contributed by atoms with Gasteiger partial charge < -0.3 is 15.0 Å². The normalized spacial score (nSPS) is 13.0. The monoisotopic (exact) mass is 522 g/mol. The lowest BCUT2D eigenvalue weighted by Gasteiger charge is -2.21. The number of anilines is 1. The lowest BCUT2D eigenvalue weighted by molar-refractivity contribution is 0.102. The Morgan fingerprint density at radius 1 is 0.865 bits per heavy atom. The van der Waals surface area contributed by atoms with E-state index in [4.69, 9.17) is 4.74 Å². The summed E-state index contributed by atoms with van der Waals surface area (Å²) in [5, 5.41) is 5.32. The highest BCUT2D eigenvalue weighted by atomic mass is 32.2. The first-order valence-electron chi connectivity index (χ1n) is 14.3. The van der Waals surface area contributed by atoms with Gasteiger partial charge in [0, 0.05) is 17.9 Å². The van der Waals surface area contributed by atoms with Gasteiger partial charge in [0.05, 0.1) is 18.0 Å². The Bertz CT molecular complexity index is 975. The third-order valence-corrected chi connectivity index (χ3v) is 7.97. The van der Waals surface area contributed by atoms with Crippen LogP contribution in [-0.4, -0.2) is 23.3 Å². The summed E-state index contributed by atoms with van der Waals surface area (Å²) in [5.41, 5.74) is 3.82. The average Bonchev–Trinajstić information content (AvgIpc) is 3.32. The molecule has 0 aliphatic carbocycles. The highest BCUT2D eigenvalue weighted by molar-refractivity contribution is 8.02. The number of carbonyl (C=O) groups is 1. The van der Waals surface area contributed by atoms with Crippen molar-refractivity contribution in [3.8, 4) is 5.75 Å². The Balaban J connectivity index is 1.38. The molecule has 4 nitrogen and oxygen atoms in total. The van der Waals surface area contributed by atoms with Gasteiger partial charge >= 0.3 is 0 Å². The van der Waals surface area contributed by atoms with E-state index < -0.39 is 0 Å². The van der Waals surface area contributed by atoms with Crippen LogP contribution in [0.25, 0.3) is 0 Å². The zero-order valence-corrected chi connectivity index (χ0v) is 23.8. The van der Waals surface area contributed by atoms with Crippen LogP contribution in [0.15, 0.2) is 59.6 Å². The molecule has 0 aromatic heterocycles. The van der Waals surface area contributed by atoms with E-state index in [1.165, 1.54) is 76.3 Å². The summed E-state index contributed by atoms with van der Waals surface area (Å²) in [7, 11) is 0. The van der Waals surface area contributed by atoms with Crippen LogP contribution in [0.1, 0.15) is 107 Å². The van der Waals surface area contributed by atoms with E-state index >= 15 is 0 Å². The van der Waals surface area contributed by atoms with E-state index in [0.29, 0.717) is 17.9 Å².